The predicted molar refractivity (Wildman–Crippen MR) is 137 cm³/mol. The molecule has 1 amide bonds. The molecule has 1 atom stereocenters. The van der Waals surface area contributed by atoms with Crippen LogP contribution in [0.5, 0.6) is 0 Å². The number of benzene rings is 3. The van der Waals surface area contributed by atoms with Crippen LogP contribution in [0.4, 0.5) is 16.3 Å². The first-order valence-corrected chi connectivity index (χ1v) is 11.4. The summed E-state index contributed by atoms with van der Waals surface area (Å²) in [4.78, 5) is 16.9. The van der Waals surface area contributed by atoms with Crippen molar-refractivity contribution in [2.24, 2.45) is 0 Å². The van der Waals surface area contributed by atoms with E-state index in [1.165, 1.54) is 18.2 Å². The fraction of sp³-hybridized carbons (Fsp3) is 0.0385. The third-order valence-electron chi connectivity index (χ3n) is 5.36. The summed E-state index contributed by atoms with van der Waals surface area (Å²) in [6.45, 7) is 0. The number of anilines is 2. The zero-order chi connectivity index (χ0) is 24.4. The predicted octanol–water partition coefficient (Wildman–Crippen LogP) is 6.43. The van der Waals surface area contributed by atoms with Gasteiger partial charge in [-0.05, 0) is 65.2 Å². The highest BCUT2D eigenvalue weighted by molar-refractivity contribution is 6.30. The number of rotatable bonds is 5. The maximum Gasteiger partial charge on any atom is 0.250 e. The van der Waals surface area contributed by atoms with Crippen molar-refractivity contribution in [2.45, 2.75) is 6.04 Å². The number of amides is 1. The van der Waals surface area contributed by atoms with E-state index in [0.717, 1.165) is 16.8 Å². The van der Waals surface area contributed by atoms with Gasteiger partial charge in [-0.25, -0.2) is 9.07 Å². The van der Waals surface area contributed by atoms with Gasteiger partial charge in [-0.15, -0.1) is 5.10 Å². The van der Waals surface area contributed by atoms with Crippen LogP contribution in [0.1, 0.15) is 22.7 Å². The van der Waals surface area contributed by atoms with Crippen molar-refractivity contribution in [2.75, 3.05) is 10.6 Å². The first kappa shape index (κ1) is 22.8. The second-order valence-electron chi connectivity index (χ2n) is 7.79. The molecule has 174 valence electrons. The Hall–Kier alpha value is -3.94. The molecule has 0 saturated carbocycles. The minimum atomic E-state index is -0.411. The summed E-state index contributed by atoms with van der Waals surface area (Å²) in [6, 6.07) is 20.5. The van der Waals surface area contributed by atoms with Crippen LogP contribution in [0.25, 0.3) is 11.8 Å². The molecule has 2 heterocycles. The van der Waals surface area contributed by atoms with Crippen molar-refractivity contribution in [1.29, 1.82) is 0 Å². The Morgan fingerprint density at radius 1 is 0.971 bits per heavy atom. The molecule has 0 fully saturated rings. The Morgan fingerprint density at radius 2 is 1.63 bits per heavy atom. The van der Waals surface area contributed by atoms with Gasteiger partial charge < -0.3 is 5.32 Å². The average molecular weight is 506 g/mol. The average Bonchev–Trinajstić information content (AvgIpc) is 3.26. The summed E-state index contributed by atoms with van der Waals surface area (Å²) in [5, 5.41) is 11.7. The Kier molecular flexibility index (Phi) is 6.35. The van der Waals surface area contributed by atoms with Gasteiger partial charge in [-0.3, -0.25) is 10.1 Å². The Labute approximate surface area is 210 Å². The number of fused-ring (bicyclic) bond motifs is 1. The summed E-state index contributed by atoms with van der Waals surface area (Å²) < 4.78 is 14.8. The van der Waals surface area contributed by atoms with Gasteiger partial charge in [0, 0.05) is 21.8 Å². The van der Waals surface area contributed by atoms with Crippen LogP contribution in [0.15, 0.2) is 84.9 Å². The first-order chi connectivity index (χ1) is 16.9. The van der Waals surface area contributed by atoms with E-state index in [-0.39, 0.29) is 17.8 Å². The number of hydrogen-bond donors (Lipinski definition) is 2. The van der Waals surface area contributed by atoms with Crippen molar-refractivity contribution < 1.29 is 9.18 Å². The second-order valence-corrected chi connectivity index (χ2v) is 8.66. The lowest BCUT2D eigenvalue weighted by molar-refractivity contribution is -0.111. The lowest BCUT2D eigenvalue weighted by atomic mass is 10.0. The number of carbonyl (C=O) groups excluding carboxylic acids is 1. The molecular weight excluding hydrogens is 488 g/mol. The molecule has 1 aliphatic heterocycles. The standard InChI is InChI=1S/C26H18Cl2FN5O/c27-19-8-4-17(5-9-19)22-15-23(18-6-10-20(28)11-7-18)34-26(30-22)32-25(33-34)31-24(35)14-3-16-1-12-21(29)13-2-16/h1-15,23H,(H2,30,31,32,33,35). The highest BCUT2D eigenvalue weighted by Gasteiger charge is 2.25. The summed E-state index contributed by atoms with van der Waals surface area (Å²) in [5.41, 5.74) is 3.40. The van der Waals surface area contributed by atoms with E-state index in [4.69, 9.17) is 23.2 Å². The first-order valence-electron chi connectivity index (χ1n) is 10.7. The van der Waals surface area contributed by atoms with E-state index in [9.17, 15) is 9.18 Å². The minimum absolute atomic E-state index is 0.144. The second kappa shape index (κ2) is 9.74. The molecule has 0 radical (unpaired) electrons. The van der Waals surface area contributed by atoms with Gasteiger partial charge in [-0.2, -0.15) is 4.98 Å². The van der Waals surface area contributed by atoms with Crippen LogP contribution >= 0.6 is 23.2 Å². The van der Waals surface area contributed by atoms with Gasteiger partial charge in [-0.1, -0.05) is 59.6 Å². The van der Waals surface area contributed by atoms with Crippen LogP contribution in [0.2, 0.25) is 10.0 Å². The van der Waals surface area contributed by atoms with Crippen LogP contribution in [-0.4, -0.2) is 20.7 Å². The Balaban J connectivity index is 1.42. The van der Waals surface area contributed by atoms with Gasteiger partial charge >= 0.3 is 0 Å². The molecule has 0 bridgehead atoms. The summed E-state index contributed by atoms with van der Waals surface area (Å²) in [5.74, 6) is -0.138. The summed E-state index contributed by atoms with van der Waals surface area (Å²) in [6.07, 6.45) is 4.95. The maximum absolute atomic E-state index is 13.1. The number of aromatic nitrogens is 3. The van der Waals surface area contributed by atoms with Crippen LogP contribution in [0, 0.1) is 5.82 Å². The van der Waals surface area contributed by atoms with Crippen LogP contribution in [-0.2, 0) is 4.79 Å². The quantitative estimate of drug-likeness (QED) is 0.306. The third-order valence-corrected chi connectivity index (χ3v) is 5.87. The highest BCUT2D eigenvalue weighted by Crippen LogP contribution is 2.34. The Morgan fingerprint density at radius 3 is 2.31 bits per heavy atom. The molecule has 1 unspecified atom stereocenters. The largest absolute Gasteiger partial charge is 0.324 e. The molecule has 35 heavy (non-hydrogen) atoms. The normalized spacial score (nSPS) is 14.8. The zero-order valence-corrected chi connectivity index (χ0v) is 19.6. The van der Waals surface area contributed by atoms with E-state index >= 15 is 0 Å². The highest BCUT2D eigenvalue weighted by atomic mass is 35.5. The van der Waals surface area contributed by atoms with Crippen molar-refractivity contribution in [3.8, 4) is 0 Å². The third kappa shape index (κ3) is 5.26. The fourth-order valence-corrected chi connectivity index (χ4v) is 3.89. The minimum Gasteiger partial charge on any atom is -0.324 e. The number of allylic oxidation sites excluding steroid dienone is 1. The van der Waals surface area contributed by atoms with Crippen LogP contribution < -0.4 is 10.6 Å². The van der Waals surface area contributed by atoms with Gasteiger partial charge in [0.05, 0.1) is 0 Å². The van der Waals surface area contributed by atoms with Gasteiger partial charge in [0.1, 0.15) is 11.9 Å². The SMILES string of the molecule is O=C(C=Cc1ccc(F)cc1)Nc1nc2n(n1)C(c1ccc(Cl)cc1)C=C(c1ccc(Cl)cc1)N2. The van der Waals surface area contributed by atoms with E-state index < -0.39 is 5.91 Å². The molecule has 9 heteroatoms. The lowest BCUT2D eigenvalue weighted by Gasteiger charge is -2.24. The van der Waals surface area contributed by atoms with E-state index in [1.807, 2.05) is 54.6 Å². The molecule has 0 saturated heterocycles. The number of carbonyl (C=O) groups is 1. The Bertz CT molecular complexity index is 1430. The monoisotopic (exact) mass is 505 g/mol. The van der Waals surface area contributed by atoms with Crippen molar-refractivity contribution in [3.63, 3.8) is 0 Å². The molecule has 0 aliphatic carbocycles. The number of nitrogens with zero attached hydrogens (tertiary/aromatic N) is 3. The van der Waals surface area contributed by atoms with Crippen molar-refractivity contribution >= 4 is 52.8 Å². The van der Waals surface area contributed by atoms with E-state index in [0.29, 0.717) is 21.6 Å². The topological polar surface area (TPSA) is 71.8 Å². The van der Waals surface area contributed by atoms with Gasteiger partial charge in [0.2, 0.25) is 5.95 Å². The molecule has 1 aromatic heterocycles. The van der Waals surface area contributed by atoms with Gasteiger partial charge in [0.15, 0.2) is 0 Å². The molecular formula is C26H18Cl2FN5O. The van der Waals surface area contributed by atoms with Crippen molar-refractivity contribution in [1.82, 2.24) is 14.8 Å². The lowest BCUT2D eigenvalue weighted by Crippen LogP contribution is -2.20. The molecule has 3 aromatic carbocycles. The number of nitrogens with one attached hydrogen (secondary N) is 2. The molecule has 2 N–H and O–H groups in total. The van der Waals surface area contributed by atoms with Crippen LogP contribution in [0.3, 0.4) is 0 Å². The summed E-state index contributed by atoms with van der Waals surface area (Å²) in [7, 11) is 0. The van der Waals surface area contributed by atoms with E-state index in [2.05, 4.69) is 20.7 Å². The maximum atomic E-state index is 13.1. The summed E-state index contributed by atoms with van der Waals surface area (Å²) >= 11 is 12.1. The molecule has 0 spiro atoms. The van der Waals surface area contributed by atoms with Gasteiger partial charge in [0.25, 0.3) is 11.9 Å². The number of halogens is 3. The number of hydrogen-bond acceptors (Lipinski definition) is 4. The zero-order valence-electron chi connectivity index (χ0n) is 18.1. The molecule has 4 aromatic rings. The van der Waals surface area contributed by atoms with E-state index in [1.54, 1.807) is 22.9 Å². The molecule has 5 rings (SSSR count). The smallest absolute Gasteiger partial charge is 0.250 e. The fourth-order valence-electron chi connectivity index (χ4n) is 3.64. The molecule has 1 aliphatic rings. The molecule has 6 nitrogen and oxygen atoms in total. The van der Waals surface area contributed by atoms with Crippen molar-refractivity contribution in [3.05, 3.63) is 118 Å².